The van der Waals surface area contributed by atoms with E-state index < -0.39 is 0 Å². The lowest BCUT2D eigenvalue weighted by Crippen LogP contribution is -2.43. The molecule has 2 heterocycles. The van der Waals surface area contributed by atoms with Crippen LogP contribution in [0, 0.1) is 0 Å². The zero-order valence-corrected chi connectivity index (χ0v) is 11.6. The van der Waals surface area contributed by atoms with Gasteiger partial charge in [0.2, 0.25) is 0 Å². The normalized spacial score (nSPS) is 18.6. The van der Waals surface area contributed by atoms with Crippen LogP contribution in [0.4, 0.5) is 5.69 Å². The summed E-state index contributed by atoms with van der Waals surface area (Å²) < 4.78 is 0. The van der Waals surface area contributed by atoms with E-state index in [-0.39, 0.29) is 17.4 Å². The van der Waals surface area contributed by atoms with Crippen LogP contribution in [0.1, 0.15) is 62.6 Å². The van der Waals surface area contributed by atoms with Gasteiger partial charge in [-0.3, -0.25) is 9.89 Å². The van der Waals surface area contributed by atoms with Crippen LogP contribution in [0.2, 0.25) is 0 Å². The van der Waals surface area contributed by atoms with Crippen molar-refractivity contribution in [3.8, 4) is 0 Å². The van der Waals surface area contributed by atoms with Crippen molar-refractivity contribution in [3.63, 3.8) is 0 Å². The van der Waals surface area contributed by atoms with Gasteiger partial charge in [-0.05, 0) is 32.6 Å². The van der Waals surface area contributed by atoms with E-state index in [9.17, 15) is 4.79 Å². The van der Waals surface area contributed by atoms with Gasteiger partial charge in [0.15, 0.2) is 5.69 Å². The molecular weight excluding hydrogens is 228 g/mol. The van der Waals surface area contributed by atoms with Crippen LogP contribution in [0.25, 0.3) is 0 Å². The minimum Gasteiger partial charge on any atom is -0.395 e. The van der Waals surface area contributed by atoms with Crippen LogP contribution >= 0.6 is 0 Å². The summed E-state index contributed by atoms with van der Waals surface area (Å²) in [6.07, 6.45) is 2.07. The summed E-state index contributed by atoms with van der Waals surface area (Å²) in [5, 5.41) is 6.99. The molecule has 2 rings (SSSR count). The average molecular weight is 250 g/mol. The molecule has 0 aliphatic carbocycles. The van der Waals surface area contributed by atoms with Crippen molar-refractivity contribution in [2.24, 2.45) is 0 Å². The van der Waals surface area contributed by atoms with Gasteiger partial charge in [-0.1, -0.05) is 13.8 Å². The molecule has 3 N–H and O–H groups in total. The molecule has 0 unspecified atom stereocenters. The Labute approximate surface area is 108 Å². The van der Waals surface area contributed by atoms with Gasteiger partial charge >= 0.3 is 0 Å². The second kappa shape index (κ2) is 4.30. The Hall–Kier alpha value is -1.52. The maximum atomic E-state index is 12.5. The number of hydrogen-bond acceptors (Lipinski definition) is 3. The standard InChI is InChI=1S/C13H22N4O/c1-8(2)10-9(14)11(16-15-10)12(18)17-7-5-6-13(17,3)4/h8H,5-7,14H2,1-4H3,(H,15,16). The third-order valence-corrected chi connectivity index (χ3v) is 3.76. The van der Waals surface area contributed by atoms with E-state index >= 15 is 0 Å². The van der Waals surface area contributed by atoms with Gasteiger partial charge < -0.3 is 10.6 Å². The van der Waals surface area contributed by atoms with Crippen LogP contribution < -0.4 is 5.73 Å². The first-order valence-corrected chi connectivity index (χ1v) is 6.50. The van der Waals surface area contributed by atoms with Crippen LogP contribution in [0.3, 0.4) is 0 Å². The van der Waals surface area contributed by atoms with Gasteiger partial charge in [-0.15, -0.1) is 0 Å². The molecule has 0 radical (unpaired) electrons. The van der Waals surface area contributed by atoms with E-state index in [1.807, 2.05) is 18.7 Å². The molecule has 100 valence electrons. The number of amides is 1. The lowest BCUT2D eigenvalue weighted by Gasteiger charge is -2.31. The van der Waals surface area contributed by atoms with E-state index in [1.165, 1.54) is 0 Å². The van der Waals surface area contributed by atoms with Crippen LogP contribution in [-0.4, -0.2) is 33.1 Å². The Morgan fingerprint density at radius 1 is 1.50 bits per heavy atom. The molecule has 0 aromatic carbocycles. The van der Waals surface area contributed by atoms with Gasteiger partial charge in [0.25, 0.3) is 5.91 Å². The van der Waals surface area contributed by atoms with Crippen molar-refractivity contribution in [1.82, 2.24) is 15.1 Å². The molecule has 1 aromatic heterocycles. The number of likely N-dealkylation sites (tertiary alicyclic amines) is 1. The Balaban J connectivity index is 2.30. The number of H-pyrrole nitrogens is 1. The summed E-state index contributed by atoms with van der Waals surface area (Å²) in [5.74, 6) is 0.184. The fourth-order valence-corrected chi connectivity index (χ4v) is 2.58. The Bertz CT molecular complexity index is 462. The minimum atomic E-state index is -0.0968. The SMILES string of the molecule is CC(C)c1[nH]nc(C(=O)N2CCCC2(C)C)c1N. The fourth-order valence-electron chi connectivity index (χ4n) is 2.58. The topological polar surface area (TPSA) is 75.0 Å². The van der Waals surface area contributed by atoms with Gasteiger partial charge in [0, 0.05) is 12.1 Å². The molecule has 0 bridgehead atoms. The number of aromatic amines is 1. The third kappa shape index (κ3) is 1.98. The second-order valence-electron chi connectivity index (χ2n) is 5.93. The number of hydrogen-bond donors (Lipinski definition) is 2. The average Bonchev–Trinajstić information content (AvgIpc) is 2.80. The summed E-state index contributed by atoms with van der Waals surface area (Å²) >= 11 is 0. The Morgan fingerprint density at radius 2 is 2.17 bits per heavy atom. The van der Waals surface area contributed by atoms with E-state index in [0.29, 0.717) is 11.4 Å². The predicted octanol–water partition coefficient (Wildman–Crippen LogP) is 2.13. The van der Waals surface area contributed by atoms with Crippen LogP contribution in [0.15, 0.2) is 0 Å². The van der Waals surface area contributed by atoms with Crippen molar-refractivity contribution in [3.05, 3.63) is 11.4 Å². The molecule has 1 aromatic rings. The molecule has 0 atom stereocenters. The minimum absolute atomic E-state index is 0.0573. The highest BCUT2D eigenvalue weighted by molar-refractivity contribution is 5.98. The Morgan fingerprint density at radius 3 is 2.61 bits per heavy atom. The highest BCUT2D eigenvalue weighted by Crippen LogP contribution is 2.31. The number of aromatic nitrogens is 2. The highest BCUT2D eigenvalue weighted by Gasteiger charge is 2.37. The molecule has 0 saturated carbocycles. The summed E-state index contributed by atoms with van der Waals surface area (Å²) in [4.78, 5) is 14.4. The second-order valence-corrected chi connectivity index (χ2v) is 5.93. The lowest BCUT2D eigenvalue weighted by molar-refractivity contribution is 0.0647. The van der Waals surface area contributed by atoms with Crippen molar-refractivity contribution in [2.45, 2.75) is 52.0 Å². The molecular formula is C13H22N4O. The maximum Gasteiger partial charge on any atom is 0.276 e. The van der Waals surface area contributed by atoms with Crippen molar-refractivity contribution in [1.29, 1.82) is 0 Å². The van der Waals surface area contributed by atoms with E-state index in [0.717, 1.165) is 25.1 Å². The number of nitrogens with zero attached hydrogens (tertiary/aromatic N) is 2. The van der Waals surface area contributed by atoms with Gasteiger partial charge in [0.1, 0.15) is 0 Å². The summed E-state index contributed by atoms with van der Waals surface area (Å²) in [6.45, 7) is 9.01. The summed E-state index contributed by atoms with van der Waals surface area (Å²) in [7, 11) is 0. The number of carbonyl (C=O) groups excluding carboxylic acids is 1. The van der Waals surface area contributed by atoms with Gasteiger partial charge in [0.05, 0.1) is 11.4 Å². The van der Waals surface area contributed by atoms with E-state index in [2.05, 4.69) is 24.0 Å². The number of nitrogens with one attached hydrogen (secondary N) is 1. The maximum absolute atomic E-state index is 12.5. The molecule has 18 heavy (non-hydrogen) atoms. The van der Waals surface area contributed by atoms with Crippen LogP contribution in [0.5, 0.6) is 0 Å². The number of nitrogens with two attached hydrogens (primary N) is 1. The summed E-state index contributed by atoms with van der Waals surface area (Å²) in [6, 6.07) is 0. The zero-order chi connectivity index (χ0) is 13.5. The predicted molar refractivity (Wildman–Crippen MR) is 71.4 cm³/mol. The monoisotopic (exact) mass is 250 g/mol. The van der Waals surface area contributed by atoms with E-state index in [1.54, 1.807) is 0 Å². The molecule has 1 aliphatic rings. The largest absolute Gasteiger partial charge is 0.395 e. The smallest absolute Gasteiger partial charge is 0.276 e. The molecule has 0 spiro atoms. The molecule has 1 aliphatic heterocycles. The third-order valence-electron chi connectivity index (χ3n) is 3.76. The Kier molecular flexibility index (Phi) is 3.09. The molecule has 1 saturated heterocycles. The molecule has 1 fully saturated rings. The molecule has 5 nitrogen and oxygen atoms in total. The first kappa shape index (κ1) is 12.9. The summed E-state index contributed by atoms with van der Waals surface area (Å²) in [5.41, 5.74) is 7.63. The molecule has 5 heteroatoms. The van der Waals surface area contributed by atoms with Gasteiger partial charge in [-0.25, -0.2) is 0 Å². The first-order valence-electron chi connectivity index (χ1n) is 6.50. The number of nitrogen functional groups attached to an aromatic ring is 1. The highest BCUT2D eigenvalue weighted by atomic mass is 16.2. The quantitative estimate of drug-likeness (QED) is 0.844. The number of carbonyl (C=O) groups is 1. The van der Waals surface area contributed by atoms with Crippen molar-refractivity contribution < 1.29 is 4.79 Å². The zero-order valence-electron chi connectivity index (χ0n) is 11.6. The van der Waals surface area contributed by atoms with Crippen molar-refractivity contribution in [2.75, 3.05) is 12.3 Å². The first-order chi connectivity index (χ1) is 8.34. The lowest BCUT2D eigenvalue weighted by atomic mass is 10.0. The molecule has 1 amide bonds. The van der Waals surface area contributed by atoms with Crippen LogP contribution in [-0.2, 0) is 0 Å². The van der Waals surface area contributed by atoms with Crippen molar-refractivity contribution >= 4 is 11.6 Å². The number of anilines is 1. The van der Waals surface area contributed by atoms with Gasteiger partial charge in [-0.2, -0.15) is 5.10 Å². The fraction of sp³-hybridized carbons (Fsp3) is 0.692. The number of rotatable bonds is 2. The van der Waals surface area contributed by atoms with E-state index in [4.69, 9.17) is 5.73 Å².